The van der Waals surface area contributed by atoms with Crippen LogP contribution in [-0.2, 0) is 9.53 Å². The smallest absolute Gasteiger partial charge is 0.363 e. The van der Waals surface area contributed by atoms with Gasteiger partial charge in [0, 0.05) is 11.6 Å². The molecule has 2 aromatic carbocycles. The quantitative estimate of drug-likeness (QED) is 0.615. The van der Waals surface area contributed by atoms with Crippen molar-refractivity contribution in [1.29, 1.82) is 0 Å². The lowest BCUT2D eigenvalue weighted by Gasteiger charge is -2.16. The number of carbonyl (C=O) groups excluding carboxylic acids is 1. The summed E-state index contributed by atoms with van der Waals surface area (Å²) in [4.78, 5) is 16.6. The number of carbonyl (C=O) groups is 1. The first-order valence-electron chi connectivity index (χ1n) is 8.35. The van der Waals surface area contributed by atoms with Crippen LogP contribution in [0.15, 0.2) is 64.8 Å². The van der Waals surface area contributed by atoms with Gasteiger partial charge in [-0.2, -0.15) is 0 Å². The van der Waals surface area contributed by atoms with E-state index in [0.717, 1.165) is 22.6 Å². The van der Waals surface area contributed by atoms with Crippen molar-refractivity contribution in [2.24, 2.45) is 4.99 Å². The first-order valence-corrected chi connectivity index (χ1v) is 8.35. The van der Waals surface area contributed by atoms with Gasteiger partial charge in [0.2, 0.25) is 5.90 Å². The maximum absolute atomic E-state index is 12.2. The first-order chi connectivity index (χ1) is 13.2. The maximum atomic E-state index is 12.2. The molecule has 0 fully saturated rings. The molecule has 2 aromatic rings. The van der Waals surface area contributed by atoms with Crippen LogP contribution in [0.25, 0.3) is 6.08 Å². The fourth-order valence-electron chi connectivity index (χ4n) is 2.89. The molecule has 0 N–H and O–H groups in total. The Morgan fingerprint density at radius 3 is 2.78 bits per heavy atom. The van der Waals surface area contributed by atoms with Gasteiger partial charge in [0.05, 0.1) is 19.8 Å². The number of rotatable bonds is 4. The molecule has 0 bridgehead atoms. The number of hydrogen-bond donors (Lipinski definition) is 0. The summed E-state index contributed by atoms with van der Waals surface area (Å²) < 4.78 is 21.6. The van der Waals surface area contributed by atoms with Gasteiger partial charge < -0.3 is 18.9 Å². The third-order valence-corrected chi connectivity index (χ3v) is 4.24. The van der Waals surface area contributed by atoms with Gasteiger partial charge in [0.25, 0.3) is 0 Å². The molecule has 27 heavy (non-hydrogen) atoms. The number of fused-ring (bicyclic) bond motifs is 1. The summed E-state index contributed by atoms with van der Waals surface area (Å²) in [6, 6.07) is 12.8. The highest BCUT2D eigenvalue weighted by molar-refractivity contribution is 6.12. The van der Waals surface area contributed by atoms with E-state index in [1.165, 1.54) is 0 Å². The van der Waals surface area contributed by atoms with Gasteiger partial charge in [-0.25, -0.2) is 9.79 Å². The van der Waals surface area contributed by atoms with Gasteiger partial charge in [0.15, 0.2) is 5.70 Å². The number of hydrogen-bond acceptors (Lipinski definition) is 6. The summed E-state index contributed by atoms with van der Waals surface area (Å²) in [5, 5.41) is 0. The minimum absolute atomic E-state index is 0.225. The summed E-state index contributed by atoms with van der Waals surface area (Å²) in [5.41, 5.74) is 2.59. The zero-order chi connectivity index (χ0) is 18.8. The van der Waals surface area contributed by atoms with Crippen molar-refractivity contribution in [3.63, 3.8) is 0 Å². The van der Waals surface area contributed by atoms with E-state index >= 15 is 0 Å². The van der Waals surface area contributed by atoms with Gasteiger partial charge in [-0.3, -0.25) is 0 Å². The van der Waals surface area contributed by atoms with E-state index in [4.69, 9.17) is 18.9 Å². The van der Waals surface area contributed by atoms with Crippen molar-refractivity contribution in [1.82, 2.24) is 0 Å². The van der Waals surface area contributed by atoms with Crippen molar-refractivity contribution in [2.75, 3.05) is 20.8 Å². The van der Waals surface area contributed by atoms with Crippen molar-refractivity contribution in [2.45, 2.75) is 0 Å². The Hall–Kier alpha value is -3.54. The Morgan fingerprint density at radius 2 is 1.96 bits per heavy atom. The fraction of sp³-hybridized carbons (Fsp3) is 0.143. The van der Waals surface area contributed by atoms with Gasteiger partial charge in [0.1, 0.15) is 23.9 Å². The maximum Gasteiger partial charge on any atom is 0.363 e. The average molecular weight is 363 g/mol. The second-order valence-corrected chi connectivity index (χ2v) is 5.95. The van der Waals surface area contributed by atoms with E-state index in [1.54, 1.807) is 32.4 Å². The molecular weight excluding hydrogens is 346 g/mol. The van der Waals surface area contributed by atoms with Gasteiger partial charge in [-0.05, 0) is 42.0 Å². The first kappa shape index (κ1) is 16.9. The van der Waals surface area contributed by atoms with E-state index in [1.807, 2.05) is 36.4 Å². The van der Waals surface area contributed by atoms with Crippen LogP contribution in [0.2, 0.25) is 0 Å². The second-order valence-electron chi connectivity index (χ2n) is 5.95. The van der Waals surface area contributed by atoms with Crippen molar-refractivity contribution in [3.8, 4) is 17.2 Å². The molecule has 0 unspecified atom stereocenters. The van der Waals surface area contributed by atoms with Crippen LogP contribution in [0.1, 0.15) is 11.1 Å². The minimum atomic E-state index is -0.502. The molecule has 6 heteroatoms. The summed E-state index contributed by atoms with van der Waals surface area (Å²) >= 11 is 0. The number of aliphatic imine (C=N–C) groups is 1. The molecule has 2 heterocycles. The third kappa shape index (κ3) is 3.29. The average Bonchev–Trinajstić information content (AvgIpc) is 3.07. The molecule has 0 amide bonds. The highest BCUT2D eigenvalue weighted by Gasteiger charge is 2.26. The Labute approximate surface area is 156 Å². The number of cyclic esters (lactones) is 1. The van der Waals surface area contributed by atoms with Crippen LogP contribution in [0.4, 0.5) is 0 Å². The monoisotopic (exact) mass is 363 g/mol. The standard InChI is InChI=1S/C21H17NO5/c1-24-15-8-7-14-9-13(12-26-19(14)11-15)10-17-21(23)27-20(22-17)16-5-3-4-6-18(16)25-2/h3-11H,12H2,1-2H3. The second kappa shape index (κ2) is 6.99. The van der Waals surface area contributed by atoms with Gasteiger partial charge in [-0.15, -0.1) is 0 Å². The van der Waals surface area contributed by atoms with Gasteiger partial charge in [-0.1, -0.05) is 12.1 Å². The normalized spacial score (nSPS) is 16.8. The van der Waals surface area contributed by atoms with E-state index in [0.29, 0.717) is 17.9 Å². The molecule has 0 aliphatic carbocycles. The SMILES string of the molecule is COc1ccc2c(c1)OCC(C=C1N=C(c3ccccc3OC)OC1=O)=C2. The molecule has 6 nitrogen and oxygen atoms in total. The zero-order valence-corrected chi connectivity index (χ0v) is 14.9. The molecule has 2 aliphatic heterocycles. The summed E-state index contributed by atoms with van der Waals surface area (Å²) in [5.74, 6) is 1.79. The molecule has 0 saturated carbocycles. The zero-order valence-electron chi connectivity index (χ0n) is 14.9. The molecule has 2 aliphatic rings. The van der Waals surface area contributed by atoms with Crippen molar-refractivity contribution >= 4 is 17.9 Å². The molecule has 0 spiro atoms. The van der Waals surface area contributed by atoms with E-state index in [-0.39, 0.29) is 11.6 Å². The third-order valence-electron chi connectivity index (χ3n) is 4.24. The van der Waals surface area contributed by atoms with E-state index in [2.05, 4.69) is 4.99 Å². The van der Waals surface area contributed by atoms with Crippen molar-refractivity contribution < 1.29 is 23.7 Å². The Morgan fingerprint density at radius 1 is 1.11 bits per heavy atom. The number of para-hydroxylation sites is 1. The molecule has 0 radical (unpaired) electrons. The molecule has 136 valence electrons. The van der Waals surface area contributed by atoms with Crippen LogP contribution in [-0.4, -0.2) is 32.7 Å². The molecule has 0 saturated heterocycles. The summed E-state index contributed by atoms with van der Waals surface area (Å²) in [6.07, 6.45) is 3.63. The largest absolute Gasteiger partial charge is 0.497 e. The number of methoxy groups -OCH3 is 2. The fourth-order valence-corrected chi connectivity index (χ4v) is 2.89. The predicted octanol–water partition coefficient (Wildman–Crippen LogP) is 3.37. The number of ether oxygens (including phenoxy) is 4. The van der Waals surface area contributed by atoms with Crippen LogP contribution < -0.4 is 14.2 Å². The van der Waals surface area contributed by atoms with Crippen LogP contribution in [0.5, 0.6) is 17.2 Å². The lowest BCUT2D eigenvalue weighted by molar-refractivity contribution is -0.130. The molecular formula is C21H17NO5. The highest BCUT2D eigenvalue weighted by atomic mass is 16.6. The van der Waals surface area contributed by atoms with E-state index in [9.17, 15) is 4.79 Å². The molecule has 4 rings (SSSR count). The van der Waals surface area contributed by atoms with Crippen LogP contribution in [0, 0.1) is 0 Å². The molecule has 0 atom stereocenters. The van der Waals surface area contributed by atoms with E-state index < -0.39 is 5.97 Å². The Balaban J connectivity index is 1.65. The van der Waals surface area contributed by atoms with Crippen LogP contribution >= 0.6 is 0 Å². The van der Waals surface area contributed by atoms with Gasteiger partial charge >= 0.3 is 5.97 Å². The van der Waals surface area contributed by atoms with Crippen molar-refractivity contribution in [3.05, 3.63) is 70.9 Å². The van der Waals surface area contributed by atoms with Crippen LogP contribution in [0.3, 0.4) is 0 Å². The Bertz CT molecular complexity index is 1000. The highest BCUT2D eigenvalue weighted by Crippen LogP contribution is 2.31. The Kier molecular flexibility index (Phi) is 4.38. The number of esters is 1. The topological polar surface area (TPSA) is 66.3 Å². The number of nitrogens with zero attached hydrogens (tertiary/aromatic N) is 1. The predicted molar refractivity (Wildman–Crippen MR) is 100 cm³/mol. The summed E-state index contributed by atoms with van der Waals surface area (Å²) in [7, 11) is 3.17. The number of benzene rings is 2. The lowest BCUT2D eigenvalue weighted by atomic mass is 10.1. The molecule has 0 aromatic heterocycles. The lowest BCUT2D eigenvalue weighted by Crippen LogP contribution is -2.08. The minimum Gasteiger partial charge on any atom is -0.497 e. The summed E-state index contributed by atoms with van der Waals surface area (Å²) in [6.45, 7) is 0.330.